The second kappa shape index (κ2) is 2.77. The monoisotopic (exact) mass is 135 g/mol. The van der Waals surface area contributed by atoms with Gasteiger partial charge in [0.15, 0.2) is 0 Å². The van der Waals surface area contributed by atoms with E-state index >= 15 is 0 Å². The number of amides is 1. The Morgan fingerprint density at radius 3 is 2.22 bits per heavy atom. The van der Waals surface area contributed by atoms with E-state index in [0.29, 0.717) is 0 Å². The smallest absolute Gasteiger partial charge is 0.249 e. The minimum Gasteiger partial charge on any atom is -0.387 e. The third kappa shape index (κ3) is 5.22. The van der Waals surface area contributed by atoms with Crippen molar-refractivity contribution in [2.75, 3.05) is 6.61 Å². The summed E-state index contributed by atoms with van der Waals surface area (Å²) in [5.41, 5.74) is 0. The van der Waals surface area contributed by atoms with Crippen molar-refractivity contribution in [1.82, 2.24) is 5.32 Å². The molecule has 0 aliphatic heterocycles. The van der Waals surface area contributed by atoms with Gasteiger partial charge in [-0.15, -0.1) is 0 Å². The van der Waals surface area contributed by atoms with E-state index in [9.17, 15) is 4.79 Å². The second-order valence-electron chi connectivity index (χ2n) is 1.73. The molecule has 0 aromatic rings. The van der Waals surface area contributed by atoms with Gasteiger partial charge in [-0.05, 0) is 0 Å². The fraction of sp³-hybridized carbons (Fsp3) is 0.750. The minimum atomic E-state index is -2.24. The molecule has 0 aliphatic rings. The molecule has 0 spiro atoms. The molecule has 0 aromatic heterocycles. The Balaban J connectivity index is 3.60. The molecular weight excluding hydrogens is 126 g/mol. The van der Waals surface area contributed by atoms with Crippen LogP contribution in [0.4, 0.5) is 0 Å². The summed E-state index contributed by atoms with van der Waals surface area (Å²) in [6.07, 6.45) is 0. The van der Waals surface area contributed by atoms with E-state index in [1.807, 2.05) is 0 Å². The van der Waals surface area contributed by atoms with Crippen LogP contribution in [0.2, 0.25) is 0 Å². The van der Waals surface area contributed by atoms with Crippen molar-refractivity contribution < 1.29 is 20.1 Å². The highest BCUT2D eigenvalue weighted by Gasteiger charge is 2.16. The summed E-state index contributed by atoms with van der Waals surface area (Å²) in [6.45, 7) is 0.220. The van der Waals surface area contributed by atoms with Gasteiger partial charge in [-0.2, -0.15) is 0 Å². The lowest BCUT2D eigenvalue weighted by Gasteiger charge is -2.15. The molecule has 0 fully saturated rings. The van der Waals surface area contributed by atoms with Crippen LogP contribution in [0.5, 0.6) is 0 Å². The number of aliphatic hydroxyl groups excluding tert-OH is 1. The van der Waals surface area contributed by atoms with Crippen LogP contribution in [-0.2, 0) is 4.79 Å². The molecule has 0 atom stereocenters. The molecule has 0 radical (unpaired) electrons. The molecule has 0 saturated carbocycles. The summed E-state index contributed by atoms with van der Waals surface area (Å²) < 4.78 is 0. The van der Waals surface area contributed by atoms with E-state index in [-0.39, 0.29) is 0 Å². The zero-order valence-electron chi connectivity index (χ0n) is 4.96. The standard InChI is InChI=1S/C4H9NO4/c1-4(8,9)5-3(7)2-6/h6,8-9H,2H2,1H3,(H,5,7). The van der Waals surface area contributed by atoms with E-state index in [0.717, 1.165) is 6.92 Å². The van der Waals surface area contributed by atoms with Gasteiger partial charge in [0, 0.05) is 6.92 Å². The van der Waals surface area contributed by atoms with Crippen LogP contribution < -0.4 is 5.32 Å². The summed E-state index contributed by atoms with van der Waals surface area (Å²) in [5, 5.41) is 26.6. The normalized spacial score (nSPS) is 11.1. The Morgan fingerprint density at radius 2 is 2.11 bits per heavy atom. The van der Waals surface area contributed by atoms with Gasteiger partial charge in [0.2, 0.25) is 11.8 Å². The maximum atomic E-state index is 10.1. The molecule has 5 heteroatoms. The van der Waals surface area contributed by atoms with E-state index in [4.69, 9.17) is 15.3 Å². The largest absolute Gasteiger partial charge is 0.387 e. The molecule has 5 nitrogen and oxygen atoms in total. The second-order valence-corrected chi connectivity index (χ2v) is 1.73. The Kier molecular flexibility index (Phi) is 2.57. The third-order valence-corrected chi connectivity index (χ3v) is 0.520. The molecule has 54 valence electrons. The average Bonchev–Trinajstić information content (AvgIpc) is 1.62. The summed E-state index contributed by atoms with van der Waals surface area (Å²) in [4.78, 5) is 10.1. The average molecular weight is 135 g/mol. The van der Waals surface area contributed by atoms with Gasteiger partial charge in [-0.25, -0.2) is 0 Å². The quantitative estimate of drug-likeness (QED) is 0.322. The first kappa shape index (κ1) is 8.35. The first-order valence-corrected chi connectivity index (χ1v) is 2.32. The molecule has 0 aromatic carbocycles. The molecule has 0 unspecified atom stereocenters. The number of rotatable bonds is 2. The maximum absolute atomic E-state index is 10.1. The van der Waals surface area contributed by atoms with Crippen LogP contribution in [0.25, 0.3) is 0 Å². The summed E-state index contributed by atoms with van der Waals surface area (Å²) in [5.74, 6) is -3.07. The SMILES string of the molecule is CC(O)(O)NC(=O)CO. The van der Waals surface area contributed by atoms with Crippen molar-refractivity contribution in [1.29, 1.82) is 0 Å². The molecule has 0 aliphatic carbocycles. The first-order valence-electron chi connectivity index (χ1n) is 2.32. The first-order chi connectivity index (χ1) is 3.95. The van der Waals surface area contributed by atoms with Gasteiger partial charge in [0.25, 0.3) is 0 Å². The molecular formula is C4H9NO4. The number of aliphatic hydroxyl groups is 3. The number of carbonyl (C=O) groups excluding carboxylic acids is 1. The van der Waals surface area contributed by atoms with E-state index in [1.165, 1.54) is 0 Å². The Bertz CT molecular complexity index is 106. The van der Waals surface area contributed by atoms with E-state index in [2.05, 4.69) is 0 Å². The highest BCUT2D eigenvalue weighted by atomic mass is 16.5. The zero-order valence-corrected chi connectivity index (χ0v) is 4.96. The van der Waals surface area contributed by atoms with Crippen LogP contribution in [0.1, 0.15) is 6.92 Å². The molecule has 4 N–H and O–H groups in total. The predicted molar refractivity (Wildman–Crippen MR) is 28.1 cm³/mol. The van der Waals surface area contributed by atoms with Crippen molar-refractivity contribution in [2.24, 2.45) is 0 Å². The maximum Gasteiger partial charge on any atom is 0.249 e. The highest BCUT2D eigenvalue weighted by Crippen LogP contribution is 1.87. The molecule has 1 amide bonds. The van der Waals surface area contributed by atoms with Crippen LogP contribution >= 0.6 is 0 Å². The van der Waals surface area contributed by atoms with Gasteiger partial charge in [-0.1, -0.05) is 0 Å². The van der Waals surface area contributed by atoms with Gasteiger partial charge in [0.05, 0.1) is 0 Å². The number of carbonyl (C=O) groups is 1. The third-order valence-electron chi connectivity index (χ3n) is 0.520. The van der Waals surface area contributed by atoms with Crippen molar-refractivity contribution >= 4 is 5.91 Å². The fourth-order valence-corrected chi connectivity index (χ4v) is 0.304. The van der Waals surface area contributed by atoms with Crippen molar-refractivity contribution in [2.45, 2.75) is 12.8 Å². The topological polar surface area (TPSA) is 89.8 Å². The summed E-state index contributed by atoms with van der Waals surface area (Å²) >= 11 is 0. The fourth-order valence-electron chi connectivity index (χ4n) is 0.304. The Labute approximate surface area is 51.9 Å². The molecule has 0 bridgehead atoms. The number of hydrogen-bond acceptors (Lipinski definition) is 4. The van der Waals surface area contributed by atoms with Gasteiger partial charge < -0.3 is 20.6 Å². The van der Waals surface area contributed by atoms with Gasteiger partial charge >= 0.3 is 0 Å². The van der Waals surface area contributed by atoms with Crippen molar-refractivity contribution in [3.63, 3.8) is 0 Å². The zero-order chi connectivity index (χ0) is 7.49. The van der Waals surface area contributed by atoms with Crippen LogP contribution in [-0.4, -0.2) is 33.7 Å². The van der Waals surface area contributed by atoms with Crippen molar-refractivity contribution in [3.8, 4) is 0 Å². The molecule has 0 saturated heterocycles. The predicted octanol–water partition coefficient (Wildman–Crippen LogP) is -2.25. The number of nitrogens with one attached hydrogen (secondary N) is 1. The lowest BCUT2D eigenvalue weighted by molar-refractivity contribution is -0.178. The van der Waals surface area contributed by atoms with E-state index in [1.54, 1.807) is 5.32 Å². The van der Waals surface area contributed by atoms with Gasteiger partial charge in [0.1, 0.15) is 6.61 Å². The minimum absolute atomic E-state index is 0.753. The number of hydrogen-bond donors (Lipinski definition) is 4. The lowest BCUT2D eigenvalue weighted by atomic mass is 10.5. The Morgan fingerprint density at radius 1 is 1.67 bits per heavy atom. The van der Waals surface area contributed by atoms with Gasteiger partial charge in [-0.3, -0.25) is 4.79 Å². The molecule has 9 heavy (non-hydrogen) atoms. The van der Waals surface area contributed by atoms with Crippen molar-refractivity contribution in [3.05, 3.63) is 0 Å². The molecule has 0 heterocycles. The Hall–Kier alpha value is -0.650. The van der Waals surface area contributed by atoms with Crippen LogP contribution in [0.15, 0.2) is 0 Å². The van der Waals surface area contributed by atoms with Crippen LogP contribution in [0, 0.1) is 0 Å². The summed E-state index contributed by atoms with van der Waals surface area (Å²) in [7, 11) is 0. The molecule has 0 rings (SSSR count). The van der Waals surface area contributed by atoms with Crippen LogP contribution in [0.3, 0.4) is 0 Å². The lowest BCUT2D eigenvalue weighted by Crippen LogP contribution is -2.46. The highest BCUT2D eigenvalue weighted by molar-refractivity contribution is 5.77. The van der Waals surface area contributed by atoms with E-state index < -0.39 is 18.4 Å². The summed E-state index contributed by atoms with van der Waals surface area (Å²) in [6, 6.07) is 0.